The summed E-state index contributed by atoms with van der Waals surface area (Å²) in [6.07, 6.45) is -0.629. The van der Waals surface area contributed by atoms with E-state index in [2.05, 4.69) is 5.32 Å². The summed E-state index contributed by atoms with van der Waals surface area (Å²) in [5.41, 5.74) is 2.51. The van der Waals surface area contributed by atoms with E-state index >= 15 is 0 Å². The molecular weight excluding hydrogens is 321 g/mol. The molecule has 1 N–H and O–H groups in total. The van der Waals surface area contributed by atoms with Gasteiger partial charge < -0.3 is 10.1 Å². The summed E-state index contributed by atoms with van der Waals surface area (Å²) in [7, 11) is 0. The van der Waals surface area contributed by atoms with Crippen molar-refractivity contribution in [1.82, 2.24) is 0 Å². The monoisotopic (exact) mass is 337 g/mol. The second-order valence-electron chi connectivity index (χ2n) is 5.13. The Morgan fingerprint density at radius 3 is 2.18 bits per heavy atom. The van der Waals surface area contributed by atoms with Gasteiger partial charge in [-0.2, -0.15) is 0 Å². The fourth-order valence-corrected chi connectivity index (χ4v) is 2.24. The highest BCUT2D eigenvalue weighted by molar-refractivity contribution is 6.32. The van der Waals surface area contributed by atoms with Gasteiger partial charge in [-0.15, -0.1) is 0 Å². The smallest absolute Gasteiger partial charge is 0.265 e. The Morgan fingerprint density at radius 1 is 1.09 bits per heavy atom. The van der Waals surface area contributed by atoms with Gasteiger partial charge in [0.15, 0.2) is 6.10 Å². The van der Waals surface area contributed by atoms with Crippen LogP contribution in [0.4, 0.5) is 5.69 Å². The van der Waals surface area contributed by atoms with Crippen LogP contribution in [0.2, 0.25) is 10.0 Å². The third-order valence-electron chi connectivity index (χ3n) is 3.20. The minimum absolute atomic E-state index is 0.229. The summed E-state index contributed by atoms with van der Waals surface area (Å²) in [4.78, 5) is 12.1. The van der Waals surface area contributed by atoms with Crippen molar-refractivity contribution >= 4 is 34.8 Å². The largest absolute Gasteiger partial charge is 0.481 e. The van der Waals surface area contributed by atoms with Crippen molar-refractivity contribution in [2.24, 2.45) is 0 Å². The second kappa shape index (κ2) is 7.03. The number of anilines is 1. The van der Waals surface area contributed by atoms with Crippen molar-refractivity contribution in [2.75, 3.05) is 5.32 Å². The normalized spacial score (nSPS) is 11.9. The van der Waals surface area contributed by atoms with Crippen molar-refractivity contribution in [3.05, 3.63) is 57.6 Å². The first-order valence-corrected chi connectivity index (χ1v) is 7.62. The standard InChI is InChI=1S/C17H17Cl2NO2/c1-10-8-15(9-11(2)16(10)19)22-12(3)17(21)20-14-6-4-13(18)5-7-14/h4-9,12H,1-3H3,(H,20,21)/t12-/m1/s1. The molecule has 3 nitrogen and oxygen atoms in total. The zero-order valence-electron chi connectivity index (χ0n) is 12.6. The lowest BCUT2D eigenvalue weighted by atomic mass is 10.1. The van der Waals surface area contributed by atoms with Crippen LogP contribution >= 0.6 is 23.2 Å². The van der Waals surface area contributed by atoms with Crippen LogP contribution < -0.4 is 10.1 Å². The van der Waals surface area contributed by atoms with E-state index in [1.165, 1.54) is 0 Å². The SMILES string of the molecule is Cc1cc(O[C@H](C)C(=O)Nc2ccc(Cl)cc2)cc(C)c1Cl. The summed E-state index contributed by atoms with van der Waals surface area (Å²) in [6, 6.07) is 10.6. The van der Waals surface area contributed by atoms with E-state index < -0.39 is 6.10 Å². The topological polar surface area (TPSA) is 38.3 Å². The van der Waals surface area contributed by atoms with Gasteiger partial charge in [0.05, 0.1) is 0 Å². The fraction of sp³-hybridized carbons (Fsp3) is 0.235. The van der Waals surface area contributed by atoms with E-state index in [0.717, 1.165) is 11.1 Å². The average molecular weight is 338 g/mol. The Hall–Kier alpha value is -1.71. The zero-order valence-corrected chi connectivity index (χ0v) is 14.1. The van der Waals surface area contributed by atoms with Gasteiger partial charge in [-0.05, 0) is 68.3 Å². The molecule has 116 valence electrons. The highest BCUT2D eigenvalue weighted by Gasteiger charge is 2.16. The summed E-state index contributed by atoms with van der Waals surface area (Å²) in [5.74, 6) is 0.394. The average Bonchev–Trinajstić information content (AvgIpc) is 2.47. The lowest BCUT2D eigenvalue weighted by Gasteiger charge is -2.16. The molecule has 2 aromatic rings. The number of rotatable bonds is 4. The zero-order chi connectivity index (χ0) is 16.3. The molecule has 2 aromatic carbocycles. The molecule has 0 aromatic heterocycles. The van der Waals surface area contributed by atoms with Gasteiger partial charge in [-0.3, -0.25) is 4.79 Å². The van der Waals surface area contributed by atoms with Gasteiger partial charge in [0, 0.05) is 15.7 Å². The lowest BCUT2D eigenvalue weighted by molar-refractivity contribution is -0.122. The van der Waals surface area contributed by atoms with E-state index in [0.29, 0.717) is 21.5 Å². The van der Waals surface area contributed by atoms with Crippen LogP contribution in [0.25, 0.3) is 0 Å². The number of amides is 1. The quantitative estimate of drug-likeness (QED) is 0.850. The molecule has 22 heavy (non-hydrogen) atoms. The third kappa shape index (κ3) is 4.15. The molecule has 5 heteroatoms. The molecule has 0 radical (unpaired) electrons. The second-order valence-corrected chi connectivity index (χ2v) is 5.94. The Morgan fingerprint density at radius 2 is 1.64 bits per heavy atom. The summed E-state index contributed by atoms with van der Waals surface area (Å²) < 4.78 is 5.69. The molecule has 0 bridgehead atoms. The molecule has 0 aliphatic rings. The molecule has 1 amide bonds. The van der Waals surface area contributed by atoms with Crippen LogP contribution in [0.15, 0.2) is 36.4 Å². The highest BCUT2D eigenvalue weighted by atomic mass is 35.5. The maximum atomic E-state index is 12.1. The molecule has 0 saturated carbocycles. The van der Waals surface area contributed by atoms with Crippen molar-refractivity contribution in [2.45, 2.75) is 26.9 Å². The first kappa shape index (κ1) is 16.7. The molecule has 0 unspecified atom stereocenters. The third-order valence-corrected chi connectivity index (χ3v) is 4.05. The molecular formula is C17H17Cl2NO2. The van der Waals surface area contributed by atoms with Crippen molar-refractivity contribution in [3.63, 3.8) is 0 Å². The van der Waals surface area contributed by atoms with E-state index in [-0.39, 0.29) is 5.91 Å². The first-order chi connectivity index (χ1) is 10.4. The van der Waals surface area contributed by atoms with E-state index in [1.807, 2.05) is 26.0 Å². The van der Waals surface area contributed by atoms with Crippen molar-refractivity contribution < 1.29 is 9.53 Å². The number of nitrogens with one attached hydrogen (secondary N) is 1. The number of hydrogen-bond donors (Lipinski definition) is 1. The van der Waals surface area contributed by atoms with E-state index in [4.69, 9.17) is 27.9 Å². The maximum absolute atomic E-state index is 12.1. The number of carbonyl (C=O) groups is 1. The minimum atomic E-state index is -0.629. The summed E-state index contributed by atoms with van der Waals surface area (Å²) >= 11 is 11.9. The number of halogens is 2. The Kier molecular flexibility index (Phi) is 5.33. The predicted molar refractivity (Wildman–Crippen MR) is 91.1 cm³/mol. The van der Waals surface area contributed by atoms with Gasteiger partial charge in [-0.1, -0.05) is 23.2 Å². The van der Waals surface area contributed by atoms with Gasteiger partial charge >= 0.3 is 0 Å². The van der Waals surface area contributed by atoms with E-state index in [9.17, 15) is 4.79 Å². The molecule has 0 saturated heterocycles. The van der Waals surface area contributed by atoms with Crippen LogP contribution in [0.1, 0.15) is 18.1 Å². The molecule has 0 heterocycles. The molecule has 2 rings (SSSR count). The van der Waals surface area contributed by atoms with Gasteiger partial charge in [0.25, 0.3) is 5.91 Å². The van der Waals surface area contributed by atoms with Crippen LogP contribution in [0.3, 0.4) is 0 Å². The molecule has 1 atom stereocenters. The molecule has 0 aliphatic heterocycles. The summed E-state index contributed by atoms with van der Waals surface area (Å²) in [6.45, 7) is 5.51. The van der Waals surface area contributed by atoms with Crippen LogP contribution in [-0.2, 0) is 4.79 Å². The van der Waals surface area contributed by atoms with Crippen molar-refractivity contribution in [3.8, 4) is 5.75 Å². The maximum Gasteiger partial charge on any atom is 0.265 e. The Balaban J connectivity index is 2.03. The van der Waals surface area contributed by atoms with Crippen LogP contribution in [-0.4, -0.2) is 12.0 Å². The first-order valence-electron chi connectivity index (χ1n) is 6.86. The Bertz CT molecular complexity index is 661. The molecule has 0 fully saturated rings. The van der Waals surface area contributed by atoms with Crippen LogP contribution in [0.5, 0.6) is 5.75 Å². The Labute approximate surface area is 140 Å². The number of hydrogen-bond acceptors (Lipinski definition) is 2. The number of carbonyl (C=O) groups excluding carboxylic acids is 1. The van der Waals surface area contributed by atoms with Gasteiger partial charge in [0.1, 0.15) is 5.75 Å². The number of ether oxygens (including phenoxy) is 1. The lowest BCUT2D eigenvalue weighted by Crippen LogP contribution is -2.30. The van der Waals surface area contributed by atoms with E-state index in [1.54, 1.807) is 31.2 Å². The number of benzene rings is 2. The summed E-state index contributed by atoms with van der Waals surface area (Å²) in [5, 5.41) is 4.11. The predicted octanol–water partition coefficient (Wildman–Crippen LogP) is 5.02. The van der Waals surface area contributed by atoms with Gasteiger partial charge in [0.2, 0.25) is 0 Å². The number of aryl methyl sites for hydroxylation is 2. The van der Waals surface area contributed by atoms with Gasteiger partial charge in [-0.25, -0.2) is 0 Å². The van der Waals surface area contributed by atoms with Crippen molar-refractivity contribution in [1.29, 1.82) is 0 Å². The minimum Gasteiger partial charge on any atom is -0.481 e. The highest BCUT2D eigenvalue weighted by Crippen LogP contribution is 2.26. The van der Waals surface area contributed by atoms with Crippen LogP contribution in [0, 0.1) is 13.8 Å². The molecule has 0 spiro atoms. The fourth-order valence-electron chi connectivity index (χ4n) is 2.01. The molecule has 0 aliphatic carbocycles.